The molecule has 5 heteroatoms. The number of nitrogens with zero attached hydrogens (tertiary/aromatic N) is 1. The maximum atomic E-state index is 11.6. The van der Waals surface area contributed by atoms with E-state index in [0.717, 1.165) is 17.7 Å². The summed E-state index contributed by atoms with van der Waals surface area (Å²) >= 11 is 1.80. The van der Waals surface area contributed by atoms with Crippen molar-refractivity contribution in [1.29, 1.82) is 0 Å². The van der Waals surface area contributed by atoms with Crippen LogP contribution < -0.4 is 10.6 Å². The number of benzene rings is 1. The van der Waals surface area contributed by atoms with Gasteiger partial charge in [0.15, 0.2) is 0 Å². The van der Waals surface area contributed by atoms with Crippen LogP contribution in [0.2, 0.25) is 0 Å². The van der Waals surface area contributed by atoms with Crippen LogP contribution in [-0.2, 0) is 6.54 Å². The summed E-state index contributed by atoms with van der Waals surface area (Å²) in [4.78, 5) is 16.9. The number of rotatable bonds is 7. The molecule has 0 radical (unpaired) electrons. The fourth-order valence-electron chi connectivity index (χ4n) is 1.73. The van der Waals surface area contributed by atoms with Crippen LogP contribution in [0, 0.1) is 0 Å². The minimum atomic E-state index is -0.136. The standard InChI is InChI=1S/C16H19N3OS/c20-16(19-13-14-6-4-9-17-12-14)18-10-5-11-21-15-7-2-1-3-8-15/h1-4,6-9,12H,5,10-11,13H2,(H2,18,19,20). The average Bonchev–Trinajstić information content (AvgIpc) is 2.54. The highest BCUT2D eigenvalue weighted by atomic mass is 32.2. The zero-order valence-corrected chi connectivity index (χ0v) is 12.6. The summed E-state index contributed by atoms with van der Waals surface area (Å²) < 4.78 is 0. The van der Waals surface area contributed by atoms with Crippen LogP contribution in [0.15, 0.2) is 59.8 Å². The van der Waals surface area contributed by atoms with E-state index < -0.39 is 0 Å². The Kier molecular flexibility index (Phi) is 6.61. The molecule has 1 aromatic heterocycles. The van der Waals surface area contributed by atoms with Gasteiger partial charge in [-0.15, -0.1) is 11.8 Å². The van der Waals surface area contributed by atoms with E-state index in [1.54, 1.807) is 24.2 Å². The van der Waals surface area contributed by atoms with Crippen molar-refractivity contribution in [3.8, 4) is 0 Å². The molecule has 0 atom stereocenters. The molecule has 110 valence electrons. The van der Waals surface area contributed by atoms with Crippen LogP contribution in [0.25, 0.3) is 0 Å². The molecule has 0 saturated heterocycles. The van der Waals surface area contributed by atoms with Crippen molar-refractivity contribution >= 4 is 17.8 Å². The molecule has 0 fully saturated rings. The average molecular weight is 301 g/mol. The Balaban J connectivity index is 1.53. The quantitative estimate of drug-likeness (QED) is 0.610. The molecule has 0 aliphatic carbocycles. The molecule has 0 aliphatic rings. The maximum Gasteiger partial charge on any atom is 0.315 e. The first-order valence-electron chi connectivity index (χ1n) is 6.93. The Labute approximate surface area is 129 Å². The van der Waals surface area contributed by atoms with Crippen LogP contribution in [0.4, 0.5) is 4.79 Å². The van der Waals surface area contributed by atoms with E-state index in [-0.39, 0.29) is 6.03 Å². The second kappa shape index (κ2) is 9.02. The van der Waals surface area contributed by atoms with Crippen LogP contribution in [0.3, 0.4) is 0 Å². The van der Waals surface area contributed by atoms with Crippen LogP contribution in [0.1, 0.15) is 12.0 Å². The molecule has 21 heavy (non-hydrogen) atoms. The lowest BCUT2D eigenvalue weighted by atomic mass is 10.3. The summed E-state index contributed by atoms with van der Waals surface area (Å²) in [5.41, 5.74) is 0.993. The van der Waals surface area contributed by atoms with E-state index in [4.69, 9.17) is 0 Å². The van der Waals surface area contributed by atoms with Gasteiger partial charge < -0.3 is 10.6 Å². The summed E-state index contributed by atoms with van der Waals surface area (Å²) in [6.45, 7) is 1.18. The van der Waals surface area contributed by atoms with Gasteiger partial charge in [-0.2, -0.15) is 0 Å². The SMILES string of the molecule is O=C(NCCCSc1ccccc1)NCc1cccnc1. The monoisotopic (exact) mass is 301 g/mol. The number of carbonyl (C=O) groups excluding carboxylic acids is 1. The van der Waals surface area contributed by atoms with Crippen molar-refractivity contribution in [2.75, 3.05) is 12.3 Å². The number of aromatic nitrogens is 1. The van der Waals surface area contributed by atoms with Gasteiger partial charge >= 0.3 is 6.03 Å². The molecule has 0 unspecified atom stereocenters. The summed E-state index contributed by atoms with van der Waals surface area (Å²) in [7, 11) is 0. The Morgan fingerprint density at radius 3 is 2.71 bits per heavy atom. The summed E-state index contributed by atoms with van der Waals surface area (Å²) in [6.07, 6.45) is 4.41. The number of thioether (sulfide) groups is 1. The van der Waals surface area contributed by atoms with Crippen LogP contribution in [-0.4, -0.2) is 23.3 Å². The molecule has 0 aliphatic heterocycles. The number of pyridine rings is 1. The van der Waals surface area contributed by atoms with Gasteiger partial charge in [-0.3, -0.25) is 4.98 Å². The van der Waals surface area contributed by atoms with Crippen LogP contribution >= 0.6 is 11.8 Å². The molecule has 1 heterocycles. The van der Waals surface area contributed by atoms with E-state index in [0.29, 0.717) is 13.1 Å². The Hall–Kier alpha value is -2.01. The zero-order chi connectivity index (χ0) is 14.8. The van der Waals surface area contributed by atoms with E-state index in [2.05, 4.69) is 27.8 Å². The molecule has 2 aromatic rings. The molecular weight excluding hydrogens is 282 g/mol. The number of hydrogen-bond acceptors (Lipinski definition) is 3. The van der Waals surface area contributed by atoms with Crippen LogP contribution in [0.5, 0.6) is 0 Å². The van der Waals surface area contributed by atoms with Gasteiger partial charge in [0.2, 0.25) is 0 Å². The van der Waals surface area contributed by atoms with E-state index in [1.807, 2.05) is 30.3 Å². The normalized spacial score (nSPS) is 10.1. The first-order valence-corrected chi connectivity index (χ1v) is 7.91. The molecule has 2 N–H and O–H groups in total. The molecular formula is C16H19N3OS. The molecule has 0 bridgehead atoms. The number of carbonyl (C=O) groups is 1. The molecule has 2 rings (SSSR count). The highest BCUT2D eigenvalue weighted by molar-refractivity contribution is 7.99. The van der Waals surface area contributed by atoms with E-state index in [9.17, 15) is 4.79 Å². The lowest BCUT2D eigenvalue weighted by Crippen LogP contribution is -2.35. The second-order valence-corrected chi connectivity index (χ2v) is 5.65. The number of hydrogen-bond donors (Lipinski definition) is 2. The van der Waals surface area contributed by atoms with Gasteiger partial charge in [0.1, 0.15) is 0 Å². The number of nitrogens with one attached hydrogen (secondary N) is 2. The lowest BCUT2D eigenvalue weighted by molar-refractivity contribution is 0.240. The van der Waals surface area contributed by atoms with E-state index >= 15 is 0 Å². The topological polar surface area (TPSA) is 54.0 Å². The molecule has 0 saturated carbocycles. The van der Waals surface area contributed by atoms with Crippen molar-refractivity contribution in [1.82, 2.24) is 15.6 Å². The maximum absolute atomic E-state index is 11.6. The fraction of sp³-hybridized carbons (Fsp3) is 0.250. The second-order valence-electron chi connectivity index (χ2n) is 4.49. The summed E-state index contributed by atoms with van der Waals surface area (Å²) in [5.74, 6) is 0.993. The first kappa shape index (κ1) is 15.4. The molecule has 0 spiro atoms. The summed E-state index contributed by atoms with van der Waals surface area (Å²) in [5, 5.41) is 5.67. The Bertz CT molecular complexity index is 534. The molecule has 1 aromatic carbocycles. The highest BCUT2D eigenvalue weighted by Crippen LogP contribution is 2.17. The molecule has 2 amide bonds. The van der Waals surface area contributed by atoms with Crippen molar-refractivity contribution < 1.29 is 4.79 Å². The minimum Gasteiger partial charge on any atom is -0.338 e. The van der Waals surface area contributed by atoms with Gasteiger partial charge in [0.05, 0.1) is 0 Å². The predicted octanol–water partition coefficient (Wildman–Crippen LogP) is 3.06. The minimum absolute atomic E-state index is 0.136. The van der Waals surface area contributed by atoms with Gasteiger partial charge in [0, 0.05) is 30.4 Å². The van der Waals surface area contributed by atoms with Crippen molar-refractivity contribution in [3.05, 3.63) is 60.4 Å². The van der Waals surface area contributed by atoms with Crippen molar-refractivity contribution in [2.45, 2.75) is 17.9 Å². The third kappa shape index (κ3) is 6.31. The highest BCUT2D eigenvalue weighted by Gasteiger charge is 2.00. The van der Waals surface area contributed by atoms with Crippen molar-refractivity contribution in [2.24, 2.45) is 0 Å². The zero-order valence-electron chi connectivity index (χ0n) is 11.8. The van der Waals surface area contributed by atoms with Gasteiger partial charge in [-0.1, -0.05) is 24.3 Å². The third-order valence-electron chi connectivity index (χ3n) is 2.79. The van der Waals surface area contributed by atoms with E-state index in [1.165, 1.54) is 4.90 Å². The number of urea groups is 1. The smallest absolute Gasteiger partial charge is 0.315 e. The largest absolute Gasteiger partial charge is 0.338 e. The Morgan fingerprint density at radius 1 is 1.10 bits per heavy atom. The predicted molar refractivity (Wildman–Crippen MR) is 86.3 cm³/mol. The van der Waals surface area contributed by atoms with Gasteiger partial charge in [-0.25, -0.2) is 4.79 Å². The summed E-state index contributed by atoms with van der Waals surface area (Å²) in [6, 6.07) is 13.9. The van der Waals surface area contributed by atoms with Gasteiger partial charge in [0.25, 0.3) is 0 Å². The first-order chi connectivity index (χ1) is 10.3. The Morgan fingerprint density at radius 2 is 1.95 bits per heavy atom. The van der Waals surface area contributed by atoms with Gasteiger partial charge in [-0.05, 0) is 35.9 Å². The number of amides is 2. The van der Waals surface area contributed by atoms with Crippen molar-refractivity contribution in [3.63, 3.8) is 0 Å². The third-order valence-corrected chi connectivity index (χ3v) is 3.89. The molecule has 4 nitrogen and oxygen atoms in total. The lowest BCUT2D eigenvalue weighted by Gasteiger charge is -2.07. The fourth-order valence-corrected chi connectivity index (χ4v) is 2.60.